The highest BCUT2D eigenvalue weighted by Crippen LogP contribution is 2.32. The van der Waals surface area contributed by atoms with Crippen molar-refractivity contribution in [2.24, 2.45) is 5.92 Å². The molecular weight excluding hydrogens is 374 g/mol. The summed E-state index contributed by atoms with van der Waals surface area (Å²) in [5.74, 6) is 1.35. The molecule has 0 spiro atoms. The molecule has 3 aliphatic rings. The topological polar surface area (TPSA) is 69.6 Å². The summed E-state index contributed by atoms with van der Waals surface area (Å²) < 4.78 is 26.1. The Balaban J connectivity index is 1.33. The van der Waals surface area contributed by atoms with Crippen LogP contribution < -0.4 is 4.90 Å². The minimum absolute atomic E-state index is 0.201. The second-order valence-corrected chi connectivity index (χ2v) is 10.5. The number of likely N-dealkylation sites (tertiary alicyclic amines) is 1. The first-order valence-corrected chi connectivity index (χ1v) is 12.6. The van der Waals surface area contributed by atoms with Gasteiger partial charge in [-0.05, 0) is 63.6 Å². The van der Waals surface area contributed by atoms with Crippen LogP contribution in [-0.4, -0.2) is 72.6 Å². The summed E-state index contributed by atoms with van der Waals surface area (Å²) >= 11 is 0. The lowest BCUT2D eigenvalue weighted by Gasteiger charge is -2.42. The van der Waals surface area contributed by atoms with Gasteiger partial charge in [0.25, 0.3) is 0 Å². The first kappa shape index (κ1) is 20.0. The van der Waals surface area contributed by atoms with E-state index in [9.17, 15) is 8.42 Å². The van der Waals surface area contributed by atoms with Gasteiger partial charge in [-0.25, -0.2) is 18.4 Å². The van der Waals surface area contributed by atoms with Crippen LogP contribution in [-0.2, 0) is 16.6 Å². The molecular formula is C20H33N5O2S. The van der Waals surface area contributed by atoms with E-state index in [1.54, 1.807) is 4.31 Å². The van der Waals surface area contributed by atoms with Gasteiger partial charge in [0.1, 0.15) is 0 Å². The van der Waals surface area contributed by atoms with Crippen molar-refractivity contribution in [3.8, 4) is 0 Å². The molecule has 1 aromatic rings. The van der Waals surface area contributed by atoms with Crippen LogP contribution in [0.1, 0.15) is 50.6 Å². The third-order valence-corrected chi connectivity index (χ3v) is 7.88. The van der Waals surface area contributed by atoms with Gasteiger partial charge in [-0.3, -0.25) is 4.90 Å². The minimum atomic E-state index is -3.10. The Bertz CT molecular complexity index is 758. The van der Waals surface area contributed by atoms with Crippen molar-refractivity contribution in [2.75, 3.05) is 43.9 Å². The molecule has 0 unspecified atom stereocenters. The van der Waals surface area contributed by atoms with E-state index in [-0.39, 0.29) is 6.04 Å². The second-order valence-electron chi connectivity index (χ2n) is 8.59. The summed E-state index contributed by atoms with van der Waals surface area (Å²) in [4.78, 5) is 14.0. The standard InChI is InChI=1S/C20H33N5O2S/c1-28(26,27)25-13-3-2-6-19(25)17-8-14-23(15-9-17)16-18-7-10-21-20(22-18)24-11-4-5-12-24/h7,10,17,19H,2-6,8-9,11-16H2,1H3/t19-/m1/s1. The number of nitrogens with zero attached hydrogens (tertiary/aromatic N) is 5. The maximum Gasteiger partial charge on any atom is 0.225 e. The van der Waals surface area contributed by atoms with E-state index in [0.29, 0.717) is 12.5 Å². The zero-order valence-corrected chi connectivity index (χ0v) is 17.8. The van der Waals surface area contributed by atoms with Gasteiger partial charge in [0, 0.05) is 38.4 Å². The highest BCUT2D eigenvalue weighted by atomic mass is 32.2. The molecule has 28 heavy (non-hydrogen) atoms. The van der Waals surface area contributed by atoms with Crippen LogP contribution in [0, 0.1) is 5.92 Å². The van der Waals surface area contributed by atoms with Crippen molar-refractivity contribution in [3.63, 3.8) is 0 Å². The predicted octanol–water partition coefficient (Wildman–Crippen LogP) is 2.10. The van der Waals surface area contributed by atoms with Crippen LogP contribution in [0.4, 0.5) is 5.95 Å². The molecule has 156 valence electrons. The van der Waals surface area contributed by atoms with Gasteiger partial charge in [0.15, 0.2) is 0 Å². The SMILES string of the molecule is CS(=O)(=O)N1CCCC[C@@H]1C1CCN(Cc2ccnc(N3CCCC3)n2)CC1. The van der Waals surface area contributed by atoms with Gasteiger partial charge >= 0.3 is 0 Å². The van der Waals surface area contributed by atoms with Crippen LogP contribution in [0.25, 0.3) is 0 Å². The van der Waals surface area contributed by atoms with E-state index in [1.165, 1.54) is 19.1 Å². The Hall–Kier alpha value is -1.25. The summed E-state index contributed by atoms with van der Waals surface area (Å²) in [6, 6.07) is 2.23. The predicted molar refractivity (Wildman–Crippen MR) is 111 cm³/mol. The average molecular weight is 408 g/mol. The zero-order chi connectivity index (χ0) is 19.6. The lowest BCUT2D eigenvalue weighted by molar-refractivity contribution is 0.105. The van der Waals surface area contributed by atoms with E-state index in [2.05, 4.69) is 14.8 Å². The van der Waals surface area contributed by atoms with Gasteiger partial charge in [0.2, 0.25) is 16.0 Å². The molecule has 1 atom stereocenters. The molecule has 3 saturated heterocycles. The fraction of sp³-hybridized carbons (Fsp3) is 0.800. The number of hydrogen-bond donors (Lipinski definition) is 0. The molecule has 4 heterocycles. The summed E-state index contributed by atoms with van der Waals surface area (Å²) in [7, 11) is -3.10. The molecule has 0 N–H and O–H groups in total. The van der Waals surface area contributed by atoms with Gasteiger partial charge in [0.05, 0.1) is 11.9 Å². The summed E-state index contributed by atoms with van der Waals surface area (Å²) in [5.41, 5.74) is 1.09. The number of hydrogen-bond acceptors (Lipinski definition) is 6. The fourth-order valence-electron chi connectivity index (χ4n) is 5.08. The first-order chi connectivity index (χ1) is 13.5. The molecule has 8 heteroatoms. The normalized spacial score (nSPS) is 26.0. The van der Waals surface area contributed by atoms with Crippen molar-refractivity contribution >= 4 is 16.0 Å². The van der Waals surface area contributed by atoms with Crippen molar-refractivity contribution in [3.05, 3.63) is 18.0 Å². The Morgan fingerprint density at radius 2 is 1.71 bits per heavy atom. The lowest BCUT2D eigenvalue weighted by atomic mass is 9.85. The zero-order valence-electron chi connectivity index (χ0n) is 17.0. The number of piperidine rings is 2. The highest BCUT2D eigenvalue weighted by molar-refractivity contribution is 7.88. The number of anilines is 1. The van der Waals surface area contributed by atoms with Crippen molar-refractivity contribution < 1.29 is 8.42 Å². The third kappa shape index (κ3) is 4.66. The van der Waals surface area contributed by atoms with Crippen molar-refractivity contribution in [1.29, 1.82) is 0 Å². The van der Waals surface area contributed by atoms with E-state index in [0.717, 1.165) is 76.5 Å². The van der Waals surface area contributed by atoms with Crippen LogP contribution in [0.2, 0.25) is 0 Å². The fourth-order valence-corrected chi connectivity index (χ4v) is 6.31. The largest absolute Gasteiger partial charge is 0.341 e. The van der Waals surface area contributed by atoms with Gasteiger partial charge in [-0.2, -0.15) is 4.31 Å². The summed E-state index contributed by atoms with van der Waals surface area (Å²) in [6.45, 7) is 5.71. The minimum Gasteiger partial charge on any atom is -0.341 e. The van der Waals surface area contributed by atoms with Gasteiger partial charge < -0.3 is 4.90 Å². The summed E-state index contributed by atoms with van der Waals surface area (Å²) in [5, 5.41) is 0. The van der Waals surface area contributed by atoms with E-state index >= 15 is 0 Å². The van der Waals surface area contributed by atoms with E-state index in [4.69, 9.17) is 4.98 Å². The smallest absolute Gasteiger partial charge is 0.225 e. The molecule has 0 aliphatic carbocycles. The lowest BCUT2D eigenvalue weighted by Crippen LogP contribution is -2.49. The Morgan fingerprint density at radius 1 is 1.00 bits per heavy atom. The molecule has 0 bridgehead atoms. The molecule has 0 amide bonds. The second kappa shape index (κ2) is 8.63. The van der Waals surface area contributed by atoms with Crippen LogP contribution in [0.15, 0.2) is 12.3 Å². The number of aromatic nitrogens is 2. The third-order valence-electron chi connectivity index (χ3n) is 6.58. The van der Waals surface area contributed by atoms with Crippen LogP contribution in [0.3, 0.4) is 0 Å². The number of rotatable bonds is 5. The van der Waals surface area contributed by atoms with Gasteiger partial charge in [-0.15, -0.1) is 0 Å². The van der Waals surface area contributed by atoms with E-state index in [1.807, 2.05) is 12.3 Å². The highest BCUT2D eigenvalue weighted by Gasteiger charge is 2.36. The first-order valence-electron chi connectivity index (χ1n) is 10.8. The van der Waals surface area contributed by atoms with Gasteiger partial charge in [-0.1, -0.05) is 6.42 Å². The maximum atomic E-state index is 12.2. The maximum absolute atomic E-state index is 12.2. The molecule has 1 aromatic heterocycles. The molecule has 0 radical (unpaired) electrons. The van der Waals surface area contributed by atoms with E-state index < -0.39 is 10.0 Å². The number of sulfonamides is 1. The molecule has 0 saturated carbocycles. The molecule has 3 aliphatic heterocycles. The Morgan fingerprint density at radius 3 is 2.43 bits per heavy atom. The Kier molecular flexibility index (Phi) is 6.18. The molecule has 3 fully saturated rings. The average Bonchev–Trinajstić information content (AvgIpc) is 3.23. The van der Waals surface area contributed by atoms with Crippen molar-refractivity contribution in [1.82, 2.24) is 19.2 Å². The Labute approximate surface area is 169 Å². The molecule has 4 rings (SSSR count). The van der Waals surface area contributed by atoms with Crippen LogP contribution >= 0.6 is 0 Å². The van der Waals surface area contributed by atoms with Crippen molar-refractivity contribution in [2.45, 2.75) is 57.5 Å². The molecule has 0 aromatic carbocycles. The summed E-state index contributed by atoms with van der Waals surface area (Å²) in [6.07, 6.45) is 11.0. The molecule has 7 nitrogen and oxygen atoms in total. The monoisotopic (exact) mass is 407 g/mol. The quantitative estimate of drug-likeness (QED) is 0.745. The van der Waals surface area contributed by atoms with Crippen LogP contribution in [0.5, 0.6) is 0 Å².